The number of nitrogens with two attached hydrogens (primary N) is 1. The van der Waals surface area contributed by atoms with E-state index in [0.717, 1.165) is 10.5 Å². The second-order valence-corrected chi connectivity index (χ2v) is 4.93. The van der Waals surface area contributed by atoms with E-state index in [9.17, 15) is 8.42 Å². The van der Waals surface area contributed by atoms with E-state index in [2.05, 4.69) is 16.8 Å². The molecular formula is C8H14N4O3S. The van der Waals surface area contributed by atoms with Gasteiger partial charge in [-0.3, -0.25) is 5.10 Å². The molecule has 1 aromatic heterocycles. The van der Waals surface area contributed by atoms with Crippen LogP contribution < -0.4 is 5.73 Å². The molecule has 0 saturated carbocycles. The fourth-order valence-electron chi connectivity index (χ4n) is 1.19. The van der Waals surface area contributed by atoms with Gasteiger partial charge < -0.3 is 10.8 Å². The predicted octanol–water partition coefficient (Wildman–Crippen LogP) is -0.839. The van der Waals surface area contributed by atoms with Gasteiger partial charge in [0.15, 0.2) is 0 Å². The van der Waals surface area contributed by atoms with Crippen molar-refractivity contribution in [2.45, 2.75) is 4.90 Å². The number of nitrogen functional groups attached to an aromatic ring is 1. The summed E-state index contributed by atoms with van der Waals surface area (Å²) in [6, 6.07) is 0. The molecule has 0 fully saturated rings. The minimum Gasteiger partial charge on any atom is -0.395 e. The summed E-state index contributed by atoms with van der Waals surface area (Å²) in [5, 5.41) is 14.7. The minimum absolute atomic E-state index is 0.0149. The van der Waals surface area contributed by atoms with Crippen molar-refractivity contribution < 1.29 is 13.5 Å². The van der Waals surface area contributed by atoms with Gasteiger partial charge in [0.1, 0.15) is 10.7 Å². The molecule has 4 N–H and O–H groups in total. The summed E-state index contributed by atoms with van der Waals surface area (Å²) < 4.78 is 25.1. The molecule has 0 spiro atoms. The number of rotatable bonds is 6. The van der Waals surface area contributed by atoms with Gasteiger partial charge in [-0.2, -0.15) is 9.40 Å². The first-order chi connectivity index (χ1) is 7.54. The molecule has 0 radical (unpaired) electrons. The molecule has 0 aliphatic rings. The second kappa shape index (κ2) is 5.10. The normalized spacial score (nSPS) is 11.9. The van der Waals surface area contributed by atoms with Crippen LogP contribution in [0, 0.1) is 0 Å². The van der Waals surface area contributed by atoms with Crippen molar-refractivity contribution in [2.75, 3.05) is 25.4 Å². The molecule has 0 amide bonds. The van der Waals surface area contributed by atoms with E-state index in [0.29, 0.717) is 0 Å². The average molecular weight is 246 g/mol. The van der Waals surface area contributed by atoms with E-state index < -0.39 is 10.0 Å². The van der Waals surface area contributed by atoms with E-state index in [1.807, 2.05) is 0 Å². The molecule has 0 aliphatic heterocycles. The first-order valence-electron chi connectivity index (χ1n) is 4.54. The van der Waals surface area contributed by atoms with E-state index >= 15 is 0 Å². The molecule has 1 rings (SSSR count). The number of aliphatic hydroxyl groups is 1. The molecule has 1 aromatic rings. The fraction of sp³-hybridized carbons (Fsp3) is 0.375. The number of nitrogens with one attached hydrogen (secondary N) is 1. The van der Waals surface area contributed by atoms with Crippen LogP contribution in [0.2, 0.25) is 0 Å². The summed E-state index contributed by atoms with van der Waals surface area (Å²) in [5.74, 6) is -0.0213. The summed E-state index contributed by atoms with van der Waals surface area (Å²) in [5.41, 5.74) is 5.44. The molecule has 0 saturated heterocycles. The Bertz CT molecular complexity index is 454. The predicted molar refractivity (Wildman–Crippen MR) is 59.0 cm³/mol. The van der Waals surface area contributed by atoms with Crippen molar-refractivity contribution in [3.8, 4) is 0 Å². The number of aliphatic hydroxyl groups excluding tert-OH is 1. The van der Waals surface area contributed by atoms with Crippen LogP contribution in [0.1, 0.15) is 0 Å². The Balaban J connectivity index is 3.07. The summed E-state index contributed by atoms with van der Waals surface area (Å²) >= 11 is 0. The Labute approximate surface area is 93.6 Å². The van der Waals surface area contributed by atoms with Crippen molar-refractivity contribution in [1.82, 2.24) is 14.5 Å². The van der Waals surface area contributed by atoms with Crippen molar-refractivity contribution in [3.05, 3.63) is 18.9 Å². The zero-order chi connectivity index (χ0) is 12.2. The van der Waals surface area contributed by atoms with Crippen LogP contribution in [-0.2, 0) is 10.0 Å². The Morgan fingerprint density at radius 1 is 1.69 bits per heavy atom. The highest BCUT2D eigenvalue weighted by atomic mass is 32.2. The van der Waals surface area contributed by atoms with Gasteiger partial charge in [-0.15, -0.1) is 6.58 Å². The molecule has 0 unspecified atom stereocenters. The van der Waals surface area contributed by atoms with Crippen LogP contribution in [0.3, 0.4) is 0 Å². The third-order valence-corrected chi connectivity index (χ3v) is 3.82. The molecule has 1 heterocycles. The van der Waals surface area contributed by atoms with Gasteiger partial charge in [-0.25, -0.2) is 8.42 Å². The van der Waals surface area contributed by atoms with E-state index in [4.69, 9.17) is 10.8 Å². The van der Waals surface area contributed by atoms with Crippen molar-refractivity contribution in [3.63, 3.8) is 0 Å². The van der Waals surface area contributed by atoms with Crippen molar-refractivity contribution in [2.24, 2.45) is 0 Å². The fourth-order valence-corrected chi connectivity index (χ4v) is 2.61. The van der Waals surface area contributed by atoms with Crippen LogP contribution >= 0.6 is 0 Å². The lowest BCUT2D eigenvalue weighted by atomic mass is 10.6. The number of hydrogen-bond donors (Lipinski definition) is 3. The van der Waals surface area contributed by atoms with E-state index in [1.165, 1.54) is 6.08 Å². The molecule has 8 heteroatoms. The Morgan fingerprint density at radius 2 is 2.38 bits per heavy atom. The molecule has 90 valence electrons. The lowest BCUT2D eigenvalue weighted by Gasteiger charge is -2.18. The summed E-state index contributed by atoms with van der Waals surface area (Å²) in [4.78, 5) is -0.0946. The van der Waals surface area contributed by atoms with Gasteiger partial charge >= 0.3 is 0 Å². The van der Waals surface area contributed by atoms with Crippen LogP contribution in [-0.4, -0.2) is 47.7 Å². The monoisotopic (exact) mass is 246 g/mol. The maximum Gasteiger partial charge on any atom is 0.248 e. The third kappa shape index (κ3) is 2.40. The highest BCUT2D eigenvalue weighted by Crippen LogP contribution is 2.19. The first kappa shape index (κ1) is 12.7. The van der Waals surface area contributed by atoms with Gasteiger partial charge in [0.25, 0.3) is 0 Å². The van der Waals surface area contributed by atoms with Crippen LogP contribution in [0.15, 0.2) is 23.7 Å². The highest BCUT2D eigenvalue weighted by Gasteiger charge is 2.26. The lowest BCUT2D eigenvalue weighted by molar-refractivity contribution is 0.260. The number of aromatic amines is 1. The topological polar surface area (TPSA) is 112 Å². The van der Waals surface area contributed by atoms with Crippen LogP contribution in [0.5, 0.6) is 0 Å². The van der Waals surface area contributed by atoms with Gasteiger partial charge in [-0.1, -0.05) is 6.08 Å². The zero-order valence-electron chi connectivity index (χ0n) is 8.63. The van der Waals surface area contributed by atoms with E-state index in [1.54, 1.807) is 0 Å². The maximum atomic E-state index is 12.0. The second-order valence-electron chi connectivity index (χ2n) is 3.02. The first-order valence-corrected chi connectivity index (χ1v) is 5.98. The Kier molecular flexibility index (Phi) is 4.05. The highest BCUT2D eigenvalue weighted by molar-refractivity contribution is 7.89. The lowest BCUT2D eigenvalue weighted by Crippen LogP contribution is -2.33. The van der Waals surface area contributed by atoms with E-state index in [-0.39, 0.29) is 30.4 Å². The standard InChI is InChI=1S/C8H14N4O3S/c1-2-3-12(4-5-13)16(14,15)7-6-10-11-8(7)9/h2,6,13H,1,3-5H2,(H3,9,10,11). The molecule has 0 atom stereocenters. The maximum absolute atomic E-state index is 12.0. The molecular weight excluding hydrogens is 232 g/mol. The van der Waals surface area contributed by atoms with Gasteiger partial charge in [0.2, 0.25) is 10.0 Å². The quantitative estimate of drug-likeness (QED) is 0.567. The van der Waals surface area contributed by atoms with Gasteiger partial charge in [0.05, 0.1) is 12.8 Å². The number of H-pyrrole nitrogens is 1. The molecule has 0 aromatic carbocycles. The Morgan fingerprint density at radius 3 is 2.81 bits per heavy atom. The smallest absolute Gasteiger partial charge is 0.248 e. The SMILES string of the molecule is C=CCN(CCO)S(=O)(=O)c1cn[nH]c1N. The summed E-state index contributed by atoms with van der Waals surface area (Å²) in [6.45, 7) is 3.27. The average Bonchev–Trinajstić information content (AvgIpc) is 2.65. The summed E-state index contributed by atoms with van der Waals surface area (Å²) in [7, 11) is -3.73. The van der Waals surface area contributed by atoms with Crippen molar-refractivity contribution in [1.29, 1.82) is 0 Å². The zero-order valence-corrected chi connectivity index (χ0v) is 9.44. The number of hydrogen-bond acceptors (Lipinski definition) is 5. The third-order valence-electron chi connectivity index (χ3n) is 1.93. The molecule has 0 bridgehead atoms. The largest absolute Gasteiger partial charge is 0.395 e. The summed E-state index contributed by atoms with van der Waals surface area (Å²) in [6.07, 6.45) is 2.57. The van der Waals surface area contributed by atoms with Gasteiger partial charge in [-0.05, 0) is 0 Å². The number of aromatic nitrogens is 2. The number of anilines is 1. The minimum atomic E-state index is -3.73. The van der Waals surface area contributed by atoms with Crippen molar-refractivity contribution >= 4 is 15.8 Å². The molecule has 0 aliphatic carbocycles. The number of sulfonamides is 1. The van der Waals surface area contributed by atoms with Crippen LogP contribution in [0.4, 0.5) is 5.82 Å². The Hall–Kier alpha value is -1.38. The molecule has 16 heavy (non-hydrogen) atoms. The number of nitrogens with zero attached hydrogens (tertiary/aromatic N) is 2. The molecule has 7 nitrogen and oxygen atoms in total. The van der Waals surface area contributed by atoms with Gasteiger partial charge in [0, 0.05) is 13.1 Å². The van der Waals surface area contributed by atoms with Crippen LogP contribution in [0.25, 0.3) is 0 Å².